The fourth-order valence-corrected chi connectivity index (χ4v) is 5.47. The molecule has 2 aromatic rings. The first kappa shape index (κ1) is 16.7. The van der Waals surface area contributed by atoms with Gasteiger partial charge in [-0.1, -0.05) is 49.8 Å². The van der Waals surface area contributed by atoms with Crippen molar-refractivity contribution in [2.75, 3.05) is 0 Å². The minimum absolute atomic E-state index is 0.0435. The van der Waals surface area contributed by atoms with E-state index < -0.39 is 7.29 Å². The van der Waals surface area contributed by atoms with Crippen LogP contribution in [0, 0.1) is 0 Å². The Morgan fingerprint density at radius 3 is 2.30 bits per heavy atom. The predicted molar refractivity (Wildman–Crippen MR) is 105 cm³/mol. The lowest BCUT2D eigenvalue weighted by atomic mass is 10.1. The van der Waals surface area contributed by atoms with Crippen LogP contribution in [0.5, 0.6) is 0 Å². The zero-order valence-corrected chi connectivity index (χ0v) is 14.3. The highest BCUT2D eigenvalue weighted by Crippen LogP contribution is 2.62. The van der Waals surface area contributed by atoms with E-state index in [2.05, 4.69) is 80.5 Å². The van der Waals surface area contributed by atoms with Gasteiger partial charge in [0, 0.05) is 6.42 Å². The molecule has 2 nitrogen and oxygen atoms in total. The van der Waals surface area contributed by atoms with Gasteiger partial charge in [-0.3, -0.25) is 0 Å². The highest BCUT2D eigenvalue weighted by Gasteiger charge is 2.45. The summed E-state index contributed by atoms with van der Waals surface area (Å²) >= 11 is 0. The number of rotatable bonds is 3. The fourth-order valence-electron chi connectivity index (χ4n) is 3.10. The molecular formula is C19H27BNOP. The molecule has 0 aromatic heterocycles. The normalized spacial score (nSPS) is 23.3. The van der Waals surface area contributed by atoms with Crippen molar-refractivity contribution in [2.45, 2.75) is 44.5 Å². The van der Waals surface area contributed by atoms with Crippen molar-refractivity contribution >= 4 is 20.2 Å². The van der Waals surface area contributed by atoms with Crippen LogP contribution in [0.4, 0.5) is 0 Å². The lowest BCUT2D eigenvalue weighted by molar-refractivity contribution is 0.152. The number of benzene rings is 2. The van der Waals surface area contributed by atoms with Crippen LogP contribution in [0.25, 0.3) is 0 Å². The molecule has 3 rings (SSSR count). The van der Waals surface area contributed by atoms with Gasteiger partial charge in [0.15, 0.2) is 7.57 Å². The van der Waals surface area contributed by atoms with E-state index >= 15 is 0 Å². The molecule has 122 valence electrons. The molecule has 3 atom stereocenters. The molecule has 0 saturated heterocycles. The summed E-state index contributed by atoms with van der Waals surface area (Å²) in [5.74, 6) is 0. The maximum atomic E-state index is 10.7. The van der Waals surface area contributed by atoms with E-state index in [1.807, 2.05) is 0 Å². The molecule has 0 saturated carbocycles. The van der Waals surface area contributed by atoms with E-state index in [4.69, 9.17) is 0 Å². The molecule has 2 N–H and O–H groups in total. The molecule has 0 heterocycles. The van der Waals surface area contributed by atoms with Gasteiger partial charge in [-0.25, -0.2) is 5.09 Å². The minimum atomic E-state index is -1.41. The molecule has 1 aliphatic carbocycles. The van der Waals surface area contributed by atoms with Gasteiger partial charge in [-0.15, -0.1) is 0 Å². The van der Waals surface area contributed by atoms with Crippen molar-refractivity contribution in [1.29, 1.82) is 0 Å². The van der Waals surface area contributed by atoms with Gasteiger partial charge >= 0.3 is 0 Å². The van der Waals surface area contributed by atoms with Gasteiger partial charge in [-0.2, -0.15) is 0 Å². The van der Waals surface area contributed by atoms with Crippen LogP contribution in [-0.2, 0) is 6.42 Å². The fraction of sp³-hybridized carbons (Fsp3) is 0.368. The van der Waals surface area contributed by atoms with Gasteiger partial charge in [-0.05, 0) is 44.0 Å². The van der Waals surface area contributed by atoms with Crippen LogP contribution in [0.2, 0.25) is 0 Å². The summed E-state index contributed by atoms with van der Waals surface area (Å²) < 4.78 is 0. The average molecular weight is 327 g/mol. The Balaban J connectivity index is 2.01. The summed E-state index contributed by atoms with van der Waals surface area (Å²) in [6.07, 6.45) is 0.461. The molecule has 0 aliphatic heterocycles. The van der Waals surface area contributed by atoms with Crippen LogP contribution >= 0.6 is 7.29 Å². The predicted octanol–water partition coefficient (Wildman–Crippen LogP) is 2.57. The number of hydrogen-bond acceptors (Lipinski definition) is 2. The van der Waals surface area contributed by atoms with E-state index in [9.17, 15) is 5.11 Å². The first-order chi connectivity index (χ1) is 10.8. The van der Waals surface area contributed by atoms with E-state index in [-0.39, 0.29) is 24.9 Å². The molecule has 2 aromatic carbocycles. The van der Waals surface area contributed by atoms with Crippen LogP contribution in [-0.4, -0.2) is 23.9 Å². The molecule has 0 bridgehead atoms. The van der Waals surface area contributed by atoms with Crippen LogP contribution in [0.1, 0.15) is 37.9 Å². The third-order valence-electron chi connectivity index (χ3n) is 4.16. The second-order valence-corrected chi connectivity index (χ2v) is 9.71. The monoisotopic (exact) mass is 327 g/mol. The van der Waals surface area contributed by atoms with Gasteiger partial charge < -0.3 is 5.11 Å². The standard InChI is InChI=1S/C19H27BNOP/c1-19(2,3)23(20,15-10-5-4-6-11-15)21-18-16-12-8-7-9-14(16)13-17(18)22/h4-12,17-18,21-22H,13H2,1-3,20H3/t17-,18+,23?/m1/s1. The largest absolute Gasteiger partial charge is 0.391 e. The molecule has 4 heteroatoms. The lowest BCUT2D eigenvalue weighted by Crippen LogP contribution is -2.42. The second kappa shape index (κ2) is 6.05. The molecule has 0 fully saturated rings. The molecule has 23 heavy (non-hydrogen) atoms. The van der Waals surface area contributed by atoms with E-state index in [0.717, 1.165) is 6.42 Å². The quantitative estimate of drug-likeness (QED) is 0.671. The maximum Gasteiger partial charge on any atom is 0.151 e. The van der Waals surface area contributed by atoms with Gasteiger partial charge in [0.1, 0.15) is 0 Å². The number of nitrogens with one attached hydrogen (secondary N) is 1. The maximum absolute atomic E-state index is 10.7. The molecule has 0 radical (unpaired) electrons. The average Bonchev–Trinajstić information content (AvgIpc) is 2.83. The third kappa shape index (κ3) is 2.98. The van der Waals surface area contributed by atoms with Crippen molar-refractivity contribution in [3.8, 4) is 0 Å². The van der Waals surface area contributed by atoms with Crippen molar-refractivity contribution in [2.24, 2.45) is 0 Å². The van der Waals surface area contributed by atoms with Crippen molar-refractivity contribution < 1.29 is 5.11 Å². The number of aliphatic hydroxyl groups excluding tert-OH is 1. The van der Waals surface area contributed by atoms with Crippen molar-refractivity contribution in [3.05, 3.63) is 65.7 Å². The first-order valence-electron chi connectivity index (χ1n) is 7.84. The summed E-state index contributed by atoms with van der Waals surface area (Å²) in [6, 6.07) is 19.5. The zero-order valence-electron chi connectivity index (χ0n) is 13.5. The molecule has 0 amide bonds. The first-order valence-corrected chi connectivity index (χ1v) is 9.18. The third-order valence-corrected chi connectivity index (χ3v) is 6.85. The van der Waals surface area contributed by atoms with E-state index in [1.165, 1.54) is 16.4 Å². The summed E-state index contributed by atoms with van der Waals surface area (Å²) in [6.45, 7) is 7.09. The number of hydrogen-bond donors (Lipinski definition) is 2. The van der Waals surface area contributed by atoms with Gasteiger partial charge in [0.2, 0.25) is 0 Å². The second-order valence-electron chi connectivity index (χ2n) is 6.92. The summed E-state index contributed by atoms with van der Waals surface area (Å²) in [4.78, 5) is 0. The number of fused-ring (bicyclic) bond motifs is 1. The van der Waals surface area contributed by atoms with Crippen LogP contribution < -0.4 is 10.4 Å². The summed E-state index contributed by atoms with van der Waals surface area (Å²) in [5, 5.41) is 16.4. The molecule has 1 unspecified atom stereocenters. The molecular weight excluding hydrogens is 300 g/mol. The Morgan fingerprint density at radius 1 is 1.04 bits per heavy atom. The smallest absolute Gasteiger partial charge is 0.151 e. The molecule has 1 aliphatic rings. The minimum Gasteiger partial charge on any atom is -0.391 e. The Morgan fingerprint density at radius 2 is 1.65 bits per heavy atom. The Hall–Kier alpha value is -1.15. The number of aliphatic hydroxyl groups is 1. The zero-order chi connectivity index (χ0) is 16.7. The van der Waals surface area contributed by atoms with E-state index in [0.29, 0.717) is 0 Å². The van der Waals surface area contributed by atoms with Gasteiger partial charge in [0.05, 0.1) is 22.6 Å². The summed E-state index contributed by atoms with van der Waals surface area (Å²) in [7, 11) is -1.36. The highest BCUT2D eigenvalue weighted by molar-refractivity contribution is 8.02. The van der Waals surface area contributed by atoms with Crippen molar-refractivity contribution in [3.63, 3.8) is 0 Å². The van der Waals surface area contributed by atoms with Crippen LogP contribution in [0.15, 0.2) is 54.6 Å². The topological polar surface area (TPSA) is 32.3 Å². The van der Waals surface area contributed by atoms with Crippen molar-refractivity contribution in [1.82, 2.24) is 5.09 Å². The van der Waals surface area contributed by atoms with Crippen LogP contribution in [0.3, 0.4) is 0 Å². The Kier molecular flexibility index (Phi) is 4.40. The van der Waals surface area contributed by atoms with Gasteiger partial charge in [0.25, 0.3) is 0 Å². The lowest BCUT2D eigenvalue weighted by Gasteiger charge is -2.44. The van der Waals surface area contributed by atoms with E-state index in [1.54, 1.807) is 0 Å². The summed E-state index contributed by atoms with van der Waals surface area (Å²) in [5.41, 5.74) is 2.59. The highest BCUT2D eigenvalue weighted by atomic mass is 31.2. The molecule has 0 spiro atoms. The SMILES string of the molecule is [BH3-][P+](N[C@H]1c2ccccc2C[C@H]1O)(c1ccccc1)C(C)(C)C. The Labute approximate surface area is 141 Å². The Bertz CT molecular complexity index is 685.